The molecule has 0 fully saturated rings. The fraction of sp³-hybridized carbons (Fsp3) is 0.346. The fourth-order valence-corrected chi connectivity index (χ4v) is 3.52. The molecule has 3 rings (SSSR count). The lowest BCUT2D eigenvalue weighted by molar-refractivity contribution is -0.123. The van der Waals surface area contributed by atoms with Crippen LogP contribution in [0.3, 0.4) is 0 Å². The SMILES string of the molecule is CC[C@H](C)[C@H](N)C(=O)NCCc1ccc(OCc2cccc3ccccc23)c(OC)c1. The average molecular weight is 421 g/mol. The predicted octanol–water partition coefficient (Wildman–Crippen LogP) is 4.46. The predicted molar refractivity (Wildman–Crippen MR) is 125 cm³/mol. The zero-order valence-corrected chi connectivity index (χ0v) is 18.6. The van der Waals surface area contributed by atoms with Gasteiger partial charge in [-0.1, -0.05) is 68.8 Å². The van der Waals surface area contributed by atoms with Crippen LogP contribution in [0.25, 0.3) is 10.8 Å². The number of nitrogens with one attached hydrogen (secondary N) is 1. The van der Waals surface area contributed by atoms with E-state index in [1.54, 1.807) is 7.11 Å². The molecule has 0 aromatic heterocycles. The van der Waals surface area contributed by atoms with Crippen LogP contribution in [-0.4, -0.2) is 25.6 Å². The summed E-state index contributed by atoms with van der Waals surface area (Å²) in [4.78, 5) is 12.1. The Morgan fingerprint density at radius 3 is 2.61 bits per heavy atom. The molecule has 0 aliphatic rings. The van der Waals surface area contributed by atoms with Gasteiger partial charge in [0, 0.05) is 6.54 Å². The summed E-state index contributed by atoms with van der Waals surface area (Å²) < 4.78 is 11.6. The Morgan fingerprint density at radius 2 is 1.84 bits per heavy atom. The van der Waals surface area contributed by atoms with Crippen LogP contribution in [0.5, 0.6) is 11.5 Å². The van der Waals surface area contributed by atoms with Gasteiger partial charge in [0.05, 0.1) is 13.2 Å². The van der Waals surface area contributed by atoms with Crippen LogP contribution >= 0.6 is 0 Å². The van der Waals surface area contributed by atoms with Gasteiger partial charge < -0.3 is 20.5 Å². The molecule has 31 heavy (non-hydrogen) atoms. The molecule has 1 amide bonds. The second-order valence-electron chi connectivity index (χ2n) is 7.86. The van der Waals surface area contributed by atoms with Crippen molar-refractivity contribution >= 4 is 16.7 Å². The van der Waals surface area contributed by atoms with E-state index in [0.717, 1.165) is 17.5 Å². The van der Waals surface area contributed by atoms with Crippen molar-refractivity contribution in [1.29, 1.82) is 0 Å². The largest absolute Gasteiger partial charge is 0.493 e. The highest BCUT2D eigenvalue weighted by Gasteiger charge is 2.18. The lowest BCUT2D eigenvalue weighted by atomic mass is 9.99. The molecule has 0 unspecified atom stereocenters. The van der Waals surface area contributed by atoms with E-state index in [0.29, 0.717) is 31.1 Å². The van der Waals surface area contributed by atoms with Gasteiger partial charge in [-0.3, -0.25) is 4.79 Å². The molecular formula is C26H32N2O3. The highest BCUT2D eigenvalue weighted by atomic mass is 16.5. The van der Waals surface area contributed by atoms with E-state index in [4.69, 9.17) is 15.2 Å². The van der Waals surface area contributed by atoms with Crippen LogP contribution in [-0.2, 0) is 17.8 Å². The van der Waals surface area contributed by atoms with Crippen LogP contribution < -0.4 is 20.5 Å². The number of ether oxygens (including phenoxy) is 2. The van der Waals surface area contributed by atoms with Gasteiger partial charge in [-0.25, -0.2) is 0 Å². The molecule has 0 bridgehead atoms. The van der Waals surface area contributed by atoms with Gasteiger partial charge in [0.25, 0.3) is 0 Å². The summed E-state index contributed by atoms with van der Waals surface area (Å²) >= 11 is 0. The van der Waals surface area contributed by atoms with Gasteiger partial charge in [0.1, 0.15) is 6.61 Å². The van der Waals surface area contributed by atoms with Crippen molar-refractivity contribution in [3.05, 3.63) is 71.8 Å². The maximum absolute atomic E-state index is 12.1. The van der Waals surface area contributed by atoms with Crippen molar-refractivity contribution in [2.24, 2.45) is 11.7 Å². The Hall–Kier alpha value is -3.05. The summed E-state index contributed by atoms with van der Waals surface area (Å²) in [5.74, 6) is 1.44. The first-order valence-electron chi connectivity index (χ1n) is 10.8. The fourth-order valence-electron chi connectivity index (χ4n) is 3.52. The summed E-state index contributed by atoms with van der Waals surface area (Å²) in [5, 5.41) is 5.31. The molecule has 2 atom stereocenters. The molecule has 0 heterocycles. The number of rotatable bonds is 10. The first kappa shape index (κ1) is 22.6. The monoisotopic (exact) mass is 420 g/mol. The van der Waals surface area contributed by atoms with Crippen molar-refractivity contribution in [2.45, 2.75) is 39.3 Å². The number of nitrogens with two attached hydrogens (primary N) is 1. The van der Waals surface area contributed by atoms with E-state index in [1.165, 1.54) is 10.8 Å². The smallest absolute Gasteiger partial charge is 0.237 e. The zero-order valence-electron chi connectivity index (χ0n) is 18.6. The molecule has 3 aromatic rings. The molecular weight excluding hydrogens is 388 g/mol. The van der Waals surface area contributed by atoms with Gasteiger partial charge in [0.15, 0.2) is 11.5 Å². The van der Waals surface area contributed by atoms with Crippen molar-refractivity contribution in [1.82, 2.24) is 5.32 Å². The standard InChI is InChI=1S/C26H32N2O3/c1-4-18(2)25(27)26(29)28-15-14-19-12-13-23(24(16-19)30-3)31-17-21-10-7-9-20-8-5-6-11-22(20)21/h5-13,16,18,25H,4,14-15,17,27H2,1-3H3,(H,28,29)/t18-,25-/m0/s1. The number of fused-ring (bicyclic) bond motifs is 1. The molecule has 3 N–H and O–H groups in total. The lowest BCUT2D eigenvalue weighted by Crippen LogP contribution is -2.45. The molecule has 0 aliphatic heterocycles. The third-order valence-corrected chi connectivity index (χ3v) is 5.76. The van der Waals surface area contributed by atoms with Gasteiger partial charge in [0.2, 0.25) is 5.91 Å². The minimum absolute atomic E-state index is 0.101. The van der Waals surface area contributed by atoms with Crippen LogP contribution in [0.1, 0.15) is 31.4 Å². The minimum atomic E-state index is -0.468. The van der Waals surface area contributed by atoms with Crippen molar-refractivity contribution < 1.29 is 14.3 Å². The van der Waals surface area contributed by atoms with Crippen molar-refractivity contribution in [3.63, 3.8) is 0 Å². The number of carbonyl (C=O) groups excluding carboxylic acids is 1. The summed E-state index contributed by atoms with van der Waals surface area (Å²) in [6.07, 6.45) is 1.57. The number of methoxy groups -OCH3 is 1. The molecule has 0 aliphatic carbocycles. The van der Waals surface area contributed by atoms with Crippen LogP contribution in [0.2, 0.25) is 0 Å². The Labute approximate surface area is 184 Å². The Balaban J connectivity index is 1.60. The highest BCUT2D eigenvalue weighted by molar-refractivity contribution is 5.85. The van der Waals surface area contributed by atoms with Crippen LogP contribution in [0.15, 0.2) is 60.7 Å². The Bertz CT molecular complexity index is 1010. The minimum Gasteiger partial charge on any atom is -0.493 e. The van der Waals surface area contributed by atoms with Gasteiger partial charge in [-0.15, -0.1) is 0 Å². The highest BCUT2D eigenvalue weighted by Crippen LogP contribution is 2.30. The van der Waals surface area contributed by atoms with E-state index in [9.17, 15) is 4.79 Å². The van der Waals surface area contributed by atoms with Gasteiger partial charge in [-0.05, 0) is 46.4 Å². The first-order chi connectivity index (χ1) is 15.0. The van der Waals surface area contributed by atoms with Gasteiger partial charge >= 0.3 is 0 Å². The maximum atomic E-state index is 12.1. The first-order valence-corrected chi connectivity index (χ1v) is 10.8. The Morgan fingerprint density at radius 1 is 1.06 bits per heavy atom. The van der Waals surface area contributed by atoms with Crippen molar-refractivity contribution in [2.75, 3.05) is 13.7 Å². The second kappa shape index (κ2) is 10.8. The summed E-state index contributed by atoms with van der Waals surface area (Å²) in [6.45, 7) is 5.02. The van der Waals surface area contributed by atoms with Crippen molar-refractivity contribution in [3.8, 4) is 11.5 Å². The Kier molecular flexibility index (Phi) is 7.90. The molecule has 3 aromatic carbocycles. The summed E-state index contributed by atoms with van der Waals surface area (Å²) in [6, 6.07) is 19.9. The number of amides is 1. The van der Waals surface area contributed by atoms with E-state index < -0.39 is 6.04 Å². The number of benzene rings is 3. The molecule has 0 saturated heterocycles. The third kappa shape index (κ3) is 5.76. The third-order valence-electron chi connectivity index (χ3n) is 5.76. The zero-order chi connectivity index (χ0) is 22.2. The van der Waals surface area contributed by atoms with Crippen LogP contribution in [0, 0.1) is 5.92 Å². The van der Waals surface area contributed by atoms with Gasteiger partial charge in [-0.2, -0.15) is 0 Å². The second-order valence-corrected chi connectivity index (χ2v) is 7.86. The number of carbonyl (C=O) groups is 1. The lowest BCUT2D eigenvalue weighted by Gasteiger charge is -2.18. The quantitative estimate of drug-likeness (QED) is 0.508. The summed E-state index contributed by atoms with van der Waals surface area (Å²) in [7, 11) is 1.64. The average Bonchev–Trinajstić information content (AvgIpc) is 2.81. The molecule has 5 heteroatoms. The number of hydrogen-bond acceptors (Lipinski definition) is 4. The van der Waals surface area contributed by atoms with Crippen LogP contribution in [0.4, 0.5) is 0 Å². The number of hydrogen-bond donors (Lipinski definition) is 2. The molecule has 5 nitrogen and oxygen atoms in total. The van der Waals surface area contributed by atoms with E-state index in [1.807, 2.05) is 50.2 Å². The topological polar surface area (TPSA) is 73.6 Å². The molecule has 0 radical (unpaired) electrons. The van der Waals surface area contributed by atoms with E-state index in [2.05, 4.69) is 29.6 Å². The molecule has 164 valence electrons. The van der Waals surface area contributed by atoms with E-state index >= 15 is 0 Å². The maximum Gasteiger partial charge on any atom is 0.237 e. The molecule has 0 spiro atoms. The summed E-state index contributed by atoms with van der Waals surface area (Å²) in [5.41, 5.74) is 8.17. The normalized spacial score (nSPS) is 12.9. The molecule has 0 saturated carbocycles. The van der Waals surface area contributed by atoms with E-state index in [-0.39, 0.29) is 11.8 Å².